The van der Waals surface area contributed by atoms with Gasteiger partial charge < -0.3 is 20.3 Å². The van der Waals surface area contributed by atoms with Crippen molar-refractivity contribution in [3.05, 3.63) is 76.1 Å². The van der Waals surface area contributed by atoms with Gasteiger partial charge in [0.2, 0.25) is 0 Å². The van der Waals surface area contributed by atoms with Crippen molar-refractivity contribution in [3.8, 4) is 0 Å². The fraction of sp³-hybridized carbons (Fsp3) is 0.500. The van der Waals surface area contributed by atoms with Gasteiger partial charge in [-0.2, -0.15) is 13.2 Å². The van der Waals surface area contributed by atoms with Crippen molar-refractivity contribution in [2.45, 2.75) is 45.0 Å². The summed E-state index contributed by atoms with van der Waals surface area (Å²) in [4.78, 5) is 0. The number of nitrogens with one attached hydrogen (secondary N) is 1. The van der Waals surface area contributed by atoms with Crippen molar-refractivity contribution in [2.75, 3.05) is 33.5 Å². The summed E-state index contributed by atoms with van der Waals surface area (Å²) in [5.41, 5.74) is 2.77. The fourth-order valence-electron chi connectivity index (χ4n) is 3.24. The Morgan fingerprint density at radius 3 is 2.33 bits per heavy atom. The van der Waals surface area contributed by atoms with Gasteiger partial charge in [-0.1, -0.05) is 55.8 Å². The third kappa shape index (κ3) is 11.9. The molecule has 0 amide bonds. The summed E-state index contributed by atoms with van der Waals surface area (Å²) in [7, 11) is 1.52. The smallest absolute Gasteiger partial charge is 0.416 e. The van der Waals surface area contributed by atoms with E-state index >= 15 is 0 Å². The number of methoxy groups -OCH3 is 1. The zero-order valence-corrected chi connectivity index (χ0v) is 22.3. The van der Waals surface area contributed by atoms with E-state index < -0.39 is 17.8 Å². The van der Waals surface area contributed by atoms with E-state index in [1.807, 2.05) is 26.0 Å². The average molecular weight is 544 g/mol. The van der Waals surface area contributed by atoms with E-state index in [0.29, 0.717) is 19.6 Å². The Labute approximate surface area is 220 Å². The summed E-state index contributed by atoms with van der Waals surface area (Å²) in [6.07, 6.45) is -3.21. The molecule has 0 bridgehead atoms. The van der Waals surface area contributed by atoms with E-state index in [1.165, 1.54) is 18.2 Å². The Kier molecular flexibility index (Phi) is 17.1. The van der Waals surface area contributed by atoms with Crippen molar-refractivity contribution < 1.29 is 60.8 Å². The van der Waals surface area contributed by atoms with Crippen LogP contribution in [0, 0.1) is 0 Å². The molecule has 3 rings (SSSR count). The molecule has 1 radical (unpaired) electrons. The van der Waals surface area contributed by atoms with Crippen LogP contribution < -0.4 is 5.32 Å². The summed E-state index contributed by atoms with van der Waals surface area (Å²) >= 11 is 0. The van der Waals surface area contributed by atoms with Crippen LogP contribution in [0.5, 0.6) is 0 Å². The third-order valence-corrected chi connectivity index (χ3v) is 4.71. The number of aliphatic hydroxyl groups excluding tert-OH is 2. The monoisotopic (exact) mass is 544 g/mol. The van der Waals surface area contributed by atoms with Gasteiger partial charge in [-0.15, -0.1) is 12.6 Å². The van der Waals surface area contributed by atoms with Gasteiger partial charge in [0.05, 0.1) is 25.0 Å². The van der Waals surface area contributed by atoms with Gasteiger partial charge in [0.25, 0.3) is 0 Å². The van der Waals surface area contributed by atoms with Crippen LogP contribution in [-0.2, 0) is 56.5 Å². The van der Waals surface area contributed by atoms with Gasteiger partial charge in [0.15, 0.2) is 0 Å². The molecule has 183 valence electrons. The molecule has 0 spiro atoms. The number of alkyl halides is 3. The summed E-state index contributed by atoms with van der Waals surface area (Å²) in [6.45, 7) is 5.33. The molecular weight excluding hydrogens is 510 g/mol. The number of benzene rings is 2. The molecule has 0 aliphatic carbocycles. The normalized spacial score (nSPS) is 15.6. The van der Waals surface area contributed by atoms with Crippen molar-refractivity contribution in [1.82, 2.24) is 5.32 Å². The van der Waals surface area contributed by atoms with Crippen LogP contribution in [0.2, 0.25) is 0 Å². The Balaban J connectivity index is 0.000000730. The molecule has 0 fully saturated rings. The molecular formula is C24H34F3N2O3Y-. The number of hydrogen-bond acceptors (Lipinski definition) is 4. The second-order valence-electron chi connectivity index (χ2n) is 6.99. The second kappa shape index (κ2) is 17.6. The number of halogens is 3. The van der Waals surface area contributed by atoms with Gasteiger partial charge in [-0.25, -0.2) is 0 Å². The predicted octanol–water partition coefficient (Wildman–Crippen LogP) is 4.48. The third-order valence-electron chi connectivity index (χ3n) is 4.71. The van der Waals surface area contributed by atoms with Crippen LogP contribution in [0.3, 0.4) is 0 Å². The zero-order valence-electron chi connectivity index (χ0n) is 19.5. The Hall–Kier alpha value is -0.866. The van der Waals surface area contributed by atoms with Gasteiger partial charge >= 0.3 is 6.18 Å². The first kappa shape index (κ1) is 32.1. The molecule has 2 atom stereocenters. The number of rotatable bonds is 7. The maximum absolute atomic E-state index is 12.6. The average Bonchev–Trinajstić information content (AvgIpc) is 2.80. The maximum atomic E-state index is 12.6. The van der Waals surface area contributed by atoms with E-state index in [9.17, 15) is 13.2 Å². The van der Waals surface area contributed by atoms with Gasteiger partial charge in [-0.3, -0.25) is 5.32 Å². The molecule has 0 aromatic heterocycles. The number of ether oxygens (including phenoxy) is 1. The largest absolute Gasteiger partial charge is 0.655 e. The Morgan fingerprint density at radius 2 is 1.76 bits per heavy atom. The van der Waals surface area contributed by atoms with Crippen molar-refractivity contribution in [3.63, 3.8) is 0 Å². The first-order chi connectivity index (χ1) is 15.3. The molecule has 1 aliphatic rings. The topological polar surface area (TPSA) is 75.8 Å². The molecule has 0 saturated heterocycles. The molecule has 5 nitrogen and oxygen atoms in total. The van der Waals surface area contributed by atoms with Crippen LogP contribution >= 0.6 is 0 Å². The molecule has 1 heterocycles. The first-order valence-corrected chi connectivity index (χ1v) is 10.7. The SMILES string of the molecule is CC.COCC(O)CNCO.FC(F)(F)c1ccc(CC2[N-]CCc3ccccc32)cc1.[Y]. The van der Waals surface area contributed by atoms with E-state index in [4.69, 9.17) is 10.2 Å². The number of hydrogen-bond donors (Lipinski definition) is 3. The van der Waals surface area contributed by atoms with Crippen molar-refractivity contribution in [2.24, 2.45) is 0 Å². The number of aliphatic hydroxyl groups is 2. The van der Waals surface area contributed by atoms with Crippen molar-refractivity contribution >= 4 is 0 Å². The minimum absolute atomic E-state index is 0. The van der Waals surface area contributed by atoms with Crippen molar-refractivity contribution in [1.29, 1.82) is 0 Å². The first-order valence-electron chi connectivity index (χ1n) is 10.7. The minimum atomic E-state index is -4.28. The van der Waals surface area contributed by atoms with E-state index in [0.717, 1.165) is 30.7 Å². The molecule has 2 unspecified atom stereocenters. The summed E-state index contributed by atoms with van der Waals surface area (Å²) in [6, 6.07) is 13.6. The van der Waals surface area contributed by atoms with Crippen LogP contribution in [0.25, 0.3) is 5.32 Å². The second-order valence-corrected chi connectivity index (χ2v) is 6.99. The molecule has 1 aliphatic heterocycles. The predicted molar refractivity (Wildman–Crippen MR) is 121 cm³/mol. The molecule has 2 aromatic rings. The van der Waals surface area contributed by atoms with Gasteiger partial charge in [-0.05, 0) is 36.1 Å². The molecule has 0 saturated carbocycles. The summed E-state index contributed by atoms with van der Waals surface area (Å²) in [5.74, 6) is 0. The number of nitrogens with zero attached hydrogens (tertiary/aromatic N) is 1. The van der Waals surface area contributed by atoms with E-state index in [-0.39, 0.29) is 45.5 Å². The van der Waals surface area contributed by atoms with Crippen LogP contribution in [0.4, 0.5) is 13.2 Å². The Bertz CT molecular complexity index is 761. The number of fused-ring (bicyclic) bond motifs is 1. The zero-order chi connectivity index (χ0) is 24.0. The molecule has 33 heavy (non-hydrogen) atoms. The van der Waals surface area contributed by atoms with E-state index in [2.05, 4.69) is 27.5 Å². The van der Waals surface area contributed by atoms with Crippen LogP contribution in [0.1, 0.15) is 42.1 Å². The van der Waals surface area contributed by atoms with Crippen LogP contribution in [-0.4, -0.2) is 49.9 Å². The summed E-state index contributed by atoms with van der Waals surface area (Å²) in [5, 5.41) is 24.3. The van der Waals surface area contributed by atoms with Gasteiger partial charge in [0, 0.05) is 46.4 Å². The Morgan fingerprint density at radius 1 is 1.12 bits per heavy atom. The quantitative estimate of drug-likeness (QED) is 0.450. The van der Waals surface area contributed by atoms with E-state index in [1.54, 1.807) is 12.1 Å². The molecule has 2 aromatic carbocycles. The van der Waals surface area contributed by atoms with Gasteiger partial charge in [0.1, 0.15) is 0 Å². The minimum Gasteiger partial charge on any atom is -0.655 e. The fourth-order valence-corrected chi connectivity index (χ4v) is 3.24. The maximum Gasteiger partial charge on any atom is 0.416 e. The molecule has 9 heteroatoms. The summed E-state index contributed by atoms with van der Waals surface area (Å²) < 4.78 is 42.3. The standard InChI is InChI=1S/C17H15F3N.C5H13NO3.C2H6.Y/c18-17(19,20)14-7-5-12(6-8-14)11-16-15-4-2-1-3-13(15)9-10-21-16;1-9-3-5(8)2-6-4-7;1-2;/h1-8,16H,9-11H2;5-8H,2-4H2,1H3;1-2H3;/q-1;;;. The van der Waals surface area contributed by atoms with Crippen LogP contribution in [0.15, 0.2) is 48.5 Å². The molecule has 3 N–H and O–H groups in total.